The topological polar surface area (TPSA) is 41.6 Å². The second-order valence-electron chi connectivity index (χ2n) is 9.17. The molecule has 1 saturated heterocycles. The van der Waals surface area contributed by atoms with E-state index < -0.39 is 0 Å². The van der Waals surface area contributed by atoms with Crippen LogP contribution in [0.25, 0.3) is 0 Å². The number of carbonyl (C=O) groups excluding carboxylic acids is 1. The largest absolute Gasteiger partial charge is 0.489 e. The summed E-state index contributed by atoms with van der Waals surface area (Å²) in [4.78, 5) is 14.5. The van der Waals surface area contributed by atoms with E-state index in [1.54, 1.807) is 6.07 Å². The minimum atomic E-state index is 0.110. The molecule has 0 spiro atoms. The lowest BCUT2D eigenvalue weighted by Crippen LogP contribution is -2.53. The van der Waals surface area contributed by atoms with Crippen molar-refractivity contribution in [2.45, 2.75) is 40.3 Å². The summed E-state index contributed by atoms with van der Waals surface area (Å²) in [7, 11) is 0. The molecule has 1 amide bonds. The summed E-state index contributed by atoms with van der Waals surface area (Å²) >= 11 is 12.0. The molecule has 6 heteroatoms. The van der Waals surface area contributed by atoms with Gasteiger partial charge < -0.3 is 10.1 Å². The van der Waals surface area contributed by atoms with E-state index in [1.165, 1.54) is 5.56 Å². The molecule has 0 radical (unpaired) electrons. The van der Waals surface area contributed by atoms with E-state index in [1.807, 2.05) is 24.3 Å². The van der Waals surface area contributed by atoms with Gasteiger partial charge in [-0.05, 0) is 47.2 Å². The molecule has 1 N–H and O–H groups in total. The fourth-order valence-electron chi connectivity index (χ4n) is 3.32. The molecule has 1 aliphatic rings. The molecule has 2 aromatic carbocycles. The van der Waals surface area contributed by atoms with Gasteiger partial charge in [0.25, 0.3) is 0 Å². The van der Waals surface area contributed by atoms with E-state index >= 15 is 0 Å². The Morgan fingerprint density at radius 3 is 2.37 bits per heavy atom. The highest BCUT2D eigenvalue weighted by Crippen LogP contribution is 2.24. The molecule has 0 aromatic heterocycles. The average molecular weight is 449 g/mol. The number of halogens is 2. The number of ether oxygens (including phenoxy) is 1. The summed E-state index contributed by atoms with van der Waals surface area (Å²) in [5.41, 5.74) is 2.43. The van der Waals surface area contributed by atoms with Crippen molar-refractivity contribution in [3.05, 3.63) is 63.6 Å². The quantitative estimate of drug-likeness (QED) is 0.574. The summed E-state index contributed by atoms with van der Waals surface area (Å²) in [6.45, 7) is 10.2. The van der Waals surface area contributed by atoms with Crippen LogP contribution in [0.1, 0.15) is 38.3 Å². The molecule has 1 aliphatic heterocycles. The number of nitrogens with one attached hydrogen (secondary N) is 1. The van der Waals surface area contributed by atoms with Crippen molar-refractivity contribution >= 4 is 29.1 Å². The minimum Gasteiger partial charge on any atom is -0.489 e. The van der Waals surface area contributed by atoms with Crippen LogP contribution in [0.2, 0.25) is 10.0 Å². The highest BCUT2D eigenvalue weighted by atomic mass is 35.5. The fraction of sp³-hybridized carbons (Fsp3) is 0.458. The van der Waals surface area contributed by atoms with Crippen molar-refractivity contribution in [2.24, 2.45) is 11.3 Å². The molecule has 1 fully saturated rings. The van der Waals surface area contributed by atoms with Crippen LogP contribution in [0.15, 0.2) is 42.5 Å². The normalized spacial score (nSPS) is 15.0. The van der Waals surface area contributed by atoms with Gasteiger partial charge in [0.1, 0.15) is 12.4 Å². The maximum atomic E-state index is 12.2. The number of nitrogens with zero attached hydrogens (tertiary/aromatic N) is 1. The van der Waals surface area contributed by atoms with Crippen molar-refractivity contribution < 1.29 is 9.53 Å². The molecule has 162 valence electrons. The van der Waals surface area contributed by atoms with Crippen molar-refractivity contribution in [1.29, 1.82) is 0 Å². The summed E-state index contributed by atoms with van der Waals surface area (Å²) < 4.78 is 5.83. The number of hydrogen-bond acceptors (Lipinski definition) is 3. The Morgan fingerprint density at radius 1 is 1.07 bits per heavy atom. The number of benzene rings is 2. The zero-order chi connectivity index (χ0) is 21.7. The van der Waals surface area contributed by atoms with Crippen LogP contribution in [0, 0.1) is 11.3 Å². The van der Waals surface area contributed by atoms with Crippen LogP contribution in [0.5, 0.6) is 5.75 Å². The molecule has 4 nitrogen and oxygen atoms in total. The third-order valence-electron chi connectivity index (χ3n) is 5.22. The molecule has 0 bridgehead atoms. The van der Waals surface area contributed by atoms with Crippen LogP contribution < -0.4 is 10.1 Å². The summed E-state index contributed by atoms with van der Waals surface area (Å²) in [5.74, 6) is 1.10. The monoisotopic (exact) mass is 448 g/mol. The average Bonchev–Trinajstić information content (AvgIpc) is 2.65. The van der Waals surface area contributed by atoms with Crippen LogP contribution >= 0.6 is 23.2 Å². The molecular weight excluding hydrogens is 419 g/mol. The smallest absolute Gasteiger partial charge is 0.225 e. The zero-order valence-electron chi connectivity index (χ0n) is 17.9. The van der Waals surface area contributed by atoms with Crippen molar-refractivity contribution in [1.82, 2.24) is 10.2 Å². The van der Waals surface area contributed by atoms with Gasteiger partial charge in [-0.1, -0.05) is 62.2 Å². The second-order valence-corrected chi connectivity index (χ2v) is 9.99. The molecule has 1 heterocycles. The van der Waals surface area contributed by atoms with Crippen molar-refractivity contribution in [2.75, 3.05) is 19.6 Å². The van der Waals surface area contributed by atoms with Crippen LogP contribution in [0.3, 0.4) is 0 Å². The van der Waals surface area contributed by atoms with Gasteiger partial charge in [0, 0.05) is 26.2 Å². The van der Waals surface area contributed by atoms with Gasteiger partial charge in [0.15, 0.2) is 0 Å². The van der Waals surface area contributed by atoms with E-state index in [-0.39, 0.29) is 17.2 Å². The fourth-order valence-corrected chi connectivity index (χ4v) is 3.64. The molecule has 2 aromatic rings. The van der Waals surface area contributed by atoms with Gasteiger partial charge in [-0.15, -0.1) is 0 Å². The van der Waals surface area contributed by atoms with Crippen LogP contribution in [0.4, 0.5) is 0 Å². The van der Waals surface area contributed by atoms with Crippen molar-refractivity contribution in [3.63, 3.8) is 0 Å². The van der Waals surface area contributed by atoms with E-state index in [2.05, 4.69) is 43.1 Å². The third-order valence-corrected chi connectivity index (χ3v) is 5.96. The van der Waals surface area contributed by atoms with Gasteiger partial charge in [0.2, 0.25) is 5.91 Å². The third kappa shape index (κ3) is 6.90. The number of likely N-dealkylation sites (tertiary alicyclic amines) is 1. The Hall–Kier alpha value is -1.75. The van der Waals surface area contributed by atoms with Crippen molar-refractivity contribution in [3.8, 4) is 5.75 Å². The minimum absolute atomic E-state index is 0.110. The lowest BCUT2D eigenvalue weighted by Gasteiger charge is -2.38. The Labute approximate surface area is 189 Å². The standard InChI is InChI=1S/C24H30Cl2N2O2/c1-24(2,3)10-11-27-23(29)19-14-28(15-19)13-17-4-7-20(8-5-17)30-16-18-6-9-21(25)22(26)12-18/h4-9,12,19H,10-11,13-16H2,1-3H3,(H,27,29). The summed E-state index contributed by atoms with van der Waals surface area (Å²) in [5, 5.41) is 4.14. The van der Waals surface area contributed by atoms with E-state index in [0.717, 1.165) is 43.9 Å². The first kappa shape index (κ1) is 22.9. The van der Waals surface area contributed by atoms with Gasteiger partial charge in [-0.2, -0.15) is 0 Å². The molecular formula is C24H30Cl2N2O2. The number of amides is 1. The Bertz CT molecular complexity index is 856. The first-order valence-corrected chi connectivity index (χ1v) is 11.1. The van der Waals surface area contributed by atoms with E-state index in [0.29, 0.717) is 16.7 Å². The van der Waals surface area contributed by atoms with E-state index in [4.69, 9.17) is 27.9 Å². The lowest BCUT2D eigenvalue weighted by atomic mass is 9.92. The summed E-state index contributed by atoms with van der Waals surface area (Å²) in [6, 6.07) is 13.6. The predicted molar refractivity (Wildman–Crippen MR) is 123 cm³/mol. The number of carbonyl (C=O) groups is 1. The van der Waals surface area contributed by atoms with Crippen LogP contribution in [-0.2, 0) is 17.9 Å². The molecule has 0 unspecified atom stereocenters. The number of rotatable bonds is 8. The molecule has 0 atom stereocenters. The molecule has 3 rings (SSSR count). The van der Waals surface area contributed by atoms with Gasteiger partial charge >= 0.3 is 0 Å². The maximum absolute atomic E-state index is 12.2. The highest BCUT2D eigenvalue weighted by Gasteiger charge is 2.32. The SMILES string of the molecule is CC(C)(C)CCNC(=O)C1CN(Cc2ccc(OCc3ccc(Cl)c(Cl)c3)cc2)C1. The first-order chi connectivity index (χ1) is 14.2. The zero-order valence-corrected chi connectivity index (χ0v) is 19.4. The molecule has 30 heavy (non-hydrogen) atoms. The molecule has 0 aliphatic carbocycles. The predicted octanol–water partition coefficient (Wildman–Crippen LogP) is 5.56. The Morgan fingerprint density at radius 2 is 1.73 bits per heavy atom. The Balaban J connectivity index is 1.38. The molecule has 0 saturated carbocycles. The lowest BCUT2D eigenvalue weighted by molar-refractivity contribution is -0.130. The second kappa shape index (κ2) is 10.0. The van der Waals surface area contributed by atoms with Crippen LogP contribution in [-0.4, -0.2) is 30.4 Å². The maximum Gasteiger partial charge on any atom is 0.225 e. The van der Waals surface area contributed by atoms with Gasteiger partial charge in [-0.3, -0.25) is 9.69 Å². The van der Waals surface area contributed by atoms with Gasteiger partial charge in [-0.25, -0.2) is 0 Å². The number of hydrogen-bond donors (Lipinski definition) is 1. The first-order valence-electron chi connectivity index (χ1n) is 10.4. The van der Waals surface area contributed by atoms with Gasteiger partial charge in [0.05, 0.1) is 16.0 Å². The summed E-state index contributed by atoms with van der Waals surface area (Å²) in [6.07, 6.45) is 0.995. The van der Waals surface area contributed by atoms with E-state index in [9.17, 15) is 4.79 Å². The highest BCUT2D eigenvalue weighted by molar-refractivity contribution is 6.42. The Kier molecular flexibility index (Phi) is 7.67.